The van der Waals surface area contributed by atoms with Crippen molar-refractivity contribution < 1.29 is 19.8 Å². The number of hydrogen-bond donors (Lipinski definition) is 2. The van der Waals surface area contributed by atoms with Crippen LogP contribution in [0.1, 0.15) is 22.3 Å². The van der Waals surface area contributed by atoms with E-state index in [0.717, 1.165) is 5.56 Å². The predicted octanol–water partition coefficient (Wildman–Crippen LogP) is 3.24. The normalized spacial score (nSPS) is 12.9. The van der Waals surface area contributed by atoms with Crippen molar-refractivity contribution >= 4 is 28.6 Å². The van der Waals surface area contributed by atoms with Gasteiger partial charge in [-0.1, -0.05) is 36.4 Å². The first-order valence-electron chi connectivity index (χ1n) is 8.40. The van der Waals surface area contributed by atoms with Crippen LogP contribution in [-0.2, 0) is 11.3 Å². The van der Waals surface area contributed by atoms with Gasteiger partial charge in [0.15, 0.2) is 5.76 Å². The Bertz CT molecular complexity index is 1190. The molecule has 0 saturated carbocycles. The van der Waals surface area contributed by atoms with Gasteiger partial charge < -0.3 is 14.8 Å². The number of allylic oxidation sites excluding steroid dienone is 1. The van der Waals surface area contributed by atoms with Crippen LogP contribution in [0.4, 0.5) is 0 Å². The summed E-state index contributed by atoms with van der Waals surface area (Å²) in [7, 11) is 0. The lowest BCUT2D eigenvalue weighted by Gasteiger charge is -2.19. The number of aryl methyl sites for hydroxylation is 1. The maximum atomic E-state index is 12.8. The first-order valence-corrected chi connectivity index (χ1v) is 8.40. The standard InChI is InChI=1S/C21H15NO5/c23-16-10-13-11-22(9-8-17(24)25)21(27)15-7-6-14(12-4-2-1-3-5-12)19(18(13)15)20(16)26/h1-7,10-11,23H,8-9H2,(H,24,25). The fourth-order valence-corrected chi connectivity index (χ4v) is 3.45. The summed E-state index contributed by atoms with van der Waals surface area (Å²) in [5, 5.41) is 19.8. The van der Waals surface area contributed by atoms with Gasteiger partial charge >= 0.3 is 5.97 Å². The molecule has 0 radical (unpaired) electrons. The highest BCUT2D eigenvalue weighted by atomic mass is 16.4. The van der Waals surface area contributed by atoms with Crippen LogP contribution in [0.3, 0.4) is 0 Å². The number of carbonyl (C=O) groups excluding carboxylic acids is 1. The Kier molecular flexibility index (Phi) is 3.88. The second-order valence-corrected chi connectivity index (χ2v) is 6.36. The van der Waals surface area contributed by atoms with Crippen LogP contribution in [0.2, 0.25) is 0 Å². The van der Waals surface area contributed by atoms with Crippen molar-refractivity contribution in [3.63, 3.8) is 0 Å². The zero-order chi connectivity index (χ0) is 19.1. The van der Waals surface area contributed by atoms with Crippen molar-refractivity contribution in [2.75, 3.05) is 0 Å². The zero-order valence-corrected chi connectivity index (χ0v) is 14.2. The van der Waals surface area contributed by atoms with Crippen molar-refractivity contribution in [2.45, 2.75) is 13.0 Å². The number of Topliss-reactive ketones (excluding diaryl/α,β-unsaturated/α-hetero) is 1. The van der Waals surface area contributed by atoms with Crippen molar-refractivity contribution in [3.8, 4) is 11.1 Å². The van der Waals surface area contributed by atoms with E-state index in [1.54, 1.807) is 12.1 Å². The van der Waals surface area contributed by atoms with E-state index < -0.39 is 17.5 Å². The molecule has 0 spiro atoms. The molecule has 0 bridgehead atoms. The molecule has 2 aromatic carbocycles. The predicted molar refractivity (Wildman–Crippen MR) is 101 cm³/mol. The van der Waals surface area contributed by atoms with E-state index in [0.29, 0.717) is 21.9 Å². The number of aliphatic hydroxyl groups is 1. The lowest BCUT2D eigenvalue weighted by Crippen LogP contribution is -2.24. The molecule has 4 rings (SSSR count). The van der Waals surface area contributed by atoms with Crippen LogP contribution < -0.4 is 5.56 Å². The van der Waals surface area contributed by atoms with Gasteiger partial charge in [0, 0.05) is 34.6 Å². The average molecular weight is 361 g/mol. The number of nitrogens with zero attached hydrogens (tertiary/aromatic N) is 1. The van der Waals surface area contributed by atoms with Gasteiger partial charge in [0.05, 0.1) is 6.42 Å². The van der Waals surface area contributed by atoms with Gasteiger partial charge in [-0.3, -0.25) is 14.4 Å². The Balaban J connectivity index is 2.04. The molecular weight excluding hydrogens is 346 g/mol. The summed E-state index contributed by atoms with van der Waals surface area (Å²) in [5.74, 6) is -1.95. The summed E-state index contributed by atoms with van der Waals surface area (Å²) >= 11 is 0. The third kappa shape index (κ3) is 2.71. The number of rotatable bonds is 4. The number of hydrogen-bond acceptors (Lipinski definition) is 4. The molecule has 1 aromatic heterocycles. The maximum absolute atomic E-state index is 12.8. The van der Waals surface area contributed by atoms with E-state index in [1.165, 1.54) is 16.8 Å². The van der Waals surface area contributed by atoms with Gasteiger partial charge in [-0.15, -0.1) is 0 Å². The number of carboxylic acids is 1. The lowest BCUT2D eigenvalue weighted by molar-refractivity contribution is -0.137. The molecule has 27 heavy (non-hydrogen) atoms. The van der Waals surface area contributed by atoms with Gasteiger partial charge in [-0.05, 0) is 23.3 Å². The Labute approximate surface area is 153 Å². The van der Waals surface area contributed by atoms with Crippen molar-refractivity contribution in [3.05, 3.63) is 75.9 Å². The first-order chi connectivity index (χ1) is 13.0. The minimum atomic E-state index is -1.01. The highest BCUT2D eigenvalue weighted by molar-refractivity contribution is 6.24. The van der Waals surface area contributed by atoms with E-state index in [2.05, 4.69) is 0 Å². The summed E-state index contributed by atoms with van der Waals surface area (Å²) in [6.45, 7) is 0.00935. The number of benzene rings is 2. The number of aromatic nitrogens is 1. The highest BCUT2D eigenvalue weighted by Gasteiger charge is 2.27. The largest absolute Gasteiger partial charge is 0.504 e. The van der Waals surface area contributed by atoms with E-state index >= 15 is 0 Å². The maximum Gasteiger partial charge on any atom is 0.305 e. The molecule has 6 nitrogen and oxygen atoms in total. The van der Waals surface area contributed by atoms with Gasteiger partial charge in [0.1, 0.15) is 0 Å². The molecule has 0 amide bonds. The van der Waals surface area contributed by atoms with E-state index in [1.807, 2.05) is 30.3 Å². The van der Waals surface area contributed by atoms with Gasteiger partial charge in [0.25, 0.3) is 5.56 Å². The lowest BCUT2D eigenvalue weighted by atomic mass is 9.86. The summed E-state index contributed by atoms with van der Waals surface area (Å²) in [6.07, 6.45) is 2.62. The minimum absolute atomic E-state index is 0.00935. The highest BCUT2D eigenvalue weighted by Crippen LogP contribution is 2.36. The van der Waals surface area contributed by atoms with Crippen molar-refractivity contribution in [1.29, 1.82) is 0 Å². The van der Waals surface area contributed by atoms with Crippen LogP contribution in [0.5, 0.6) is 0 Å². The van der Waals surface area contributed by atoms with E-state index in [4.69, 9.17) is 5.11 Å². The number of carbonyl (C=O) groups is 2. The van der Waals surface area contributed by atoms with Crippen LogP contribution in [0, 0.1) is 0 Å². The molecular formula is C21H15NO5. The third-order valence-electron chi connectivity index (χ3n) is 4.68. The molecule has 0 aliphatic heterocycles. The smallest absolute Gasteiger partial charge is 0.305 e. The quantitative estimate of drug-likeness (QED) is 0.744. The van der Waals surface area contributed by atoms with Crippen LogP contribution in [-0.4, -0.2) is 26.5 Å². The van der Waals surface area contributed by atoms with Gasteiger partial charge in [-0.25, -0.2) is 0 Å². The molecule has 0 atom stereocenters. The van der Waals surface area contributed by atoms with E-state index in [-0.39, 0.29) is 24.1 Å². The molecule has 6 heteroatoms. The number of aliphatic carboxylic acids is 1. The molecule has 134 valence electrons. The van der Waals surface area contributed by atoms with Crippen LogP contribution in [0.15, 0.2) is 59.2 Å². The van der Waals surface area contributed by atoms with Crippen molar-refractivity contribution in [2.24, 2.45) is 0 Å². The molecule has 3 aromatic rings. The molecule has 0 fully saturated rings. The van der Waals surface area contributed by atoms with Crippen LogP contribution in [0.25, 0.3) is 28.0 Å². The molecule has 1 aliphatic carbocycles. The Morgan fingerprint density at radius 3 is 2.48 bits per heavy atom. The molecule has 2 N–H and O–H groups in total. The Hall–Kier alpha value is -3.67. The molecule has 0 unspecified atom stereocenters. The summed E-state index contributed by atoms with van der Waals surface area (Å²) < 4.78 is 1.30. The first kappa shape index (κ1) is 16.8. The fraction of sp³-hybridized carbons (Fsp3) is 0.0952. The second kappa shape index (κ2) is 6.25. The van der Waals surface area contributed by atoms with Crippen LogP contribution >= 0.6 is 0 Å². The minimum Gasteiger partial charge on any atom is -0.504 e. The summed E-state index contributed by atoms with van der Waals surface area (Å²) in [4.78, 5) is 36.4. The molecule has 1 aliphatic rings. The number of carboxylic acid groups (broad SMARTS) is 1. The second-order valence-electron chi connectivity index (χ2n) is 6.36. The van der Waals surface area contributed by atoms with Crippen molar-refractivity contribution in [1.82, 2.24) is 4.57 Å². The van der Waals surface area contributed by atoms with Gasteiger partial charge in [-0.2, -0.15) is 0 Å². The monoisotopic (exact) mass is 361 g/mol. The third-order valence-corrected chi connectivity index (χ3v) is 4.68. The number of pyridine rings is 1. The SMILES string of the molecule is O=C(O)CCn1cc2c3c(c(-c4ccccc4)ccc3c1=O)C(=O)C(O)=C2. The van der Waals surface area contributed by atoms with E-state index in [9.17, 15) is 19.5 Å². The fourth-order valence-electron chi connectivity index (χ4n) is 3.45. The number of ketones is 1. The summed E-state index contributed by atoms with van der Waals surface area (Å²) in [6, 6.07) is 12.6. The average Bonchev–Trinajstić information content (AvgIpc) is 2.67. The molecule has 1 heterocycles. The topological polar surface area (TPSA) is 96.6 Å². The number of aliphatic hydroxyl groups excluding tert-OH is 1. The summed E-state index contributed by atoms with van der Waals surface area (Å²) in [5.41, 5.74) is 1.88. The molecule has 0 saturated heterocycles. The zero-order valence-electron chi connectivity index (χ0n) is 14.2. The Morgan fingerprint density at radius 2 is 1.78 bits per heavy atom. The van der Waals surface area contributed by atoms with Gasteiger partial charge in [0.2, 0.25) is 5.78 Å². The Morgan fingerprint density at radius 1 is 1.04 bits per heavy atom.